The number of rotatable bonds is 5. The Morgan fingerprint density at radius 2 is 2.18 bits per heavy atom. The minimum atomic E-state index is -0.0253. The van der Waals surface area contributed by atoms with Crippen molar-refractivity contribution < 1.29 is 9.53 Å². The van der Waals surface area contributed by atoms with E-state index >= 15 is 0 Å². The first-order valence-electron chi connectivity index (χ1n) is 6.48. The van der Waals surface area contributed by atoms with Gasteiger partial charge in [-0.1, -0.05) is 20.8 Å². The number of nitrogens with two attached hydrogens (primary N) is 1. The van der Waals surface area contributed by atoms with Crippen LogP contribution in [0.15, 0.2) is 0 Å². The topological polar surface area (TPSA) is 55.6 Å². The number of hydrogen-bond donors (Lipinski definition) is 1. The predicted molar refractivity (Wildman–Crippen MR) is 68.6 cm³/mol. The lowest BCUT2D eigenvalue weighted by Gasteiger charge is -2.27. The zero-order chi connectivity index (χ0) is 13.1. The van der Waals surface area contributed by atoms with Crippen molar-refractivity contribution in [1.82, 2.24) is 4.90 Å². The Hall–Kier alpha value is -0.610. The standard InChI is InChI=1S/C13H26N2O2/c1-5-17-11(7-14)9-15-8-10(6-12(15)16)13(2,3)4/h10-11H,5-9,14H2,1-4H3. The lowest BCUT2D eigenvalue weighted by Crippen LogP contribution is -2.39. The SMILES string of the molecule is CCOC(CN)CN1CC(C(C)(C)C)CC1=O. The summed E-state index contributed by atoms with van der Waals surface area (Å²) in [6, 6.07) is 0. The van der Waals surface area contributed by atoms with Gasteiger partial charge in [-0.15, -0.1) is 0 Å². The van der Waals surface area contributed by atoms with E-state index in [0.717, 1.165) is 6.54 Å². The molecule has 0 aromatic heterocycles. The molecule has 1 aliphatic rings. The molecule has 1 fully saturated rings. The summed E-state index contributed by atoms with van der Waals surface area (Å²) in [5.41, 5.74) is 5.83. The third-order valence-corrected chi connectivity index (χ3v) is 3.53. The van der Waals surface area contributed by atoms with E-state index in [4.69, 9.17) is 10.5 Å². The van der Waals surface area contributed by atoms with Gasteiger partial charge in [0.1, 0.15) is 0 Å². The number of ether oxygens (including phenoxy) is 1. The van der Waals surface area contributed by atoms with Gasteiger partial charge >= 0.3 is 0 Å². The van der Waals surface area contributed by atoms with Crippen LogP contribution < -0.4 is 5.73 Å². The number of amides is 1. The van der Waals surface area contributed by atoms with E-state index in [9.17, 15) is 4.79 Å². The van der Waals surface area contributed by atoms with E-state index < -0.39 is 0 Å². The zero-order valence-corrected chi connectivity index (χ0v) is 11.5. The maximum absolute atomic E-state index is 11.9. The van der Waals surface area contributed by atoms with Gasteiger partial charge in [0, 0.05) is 32.7 Å². The molecule has 17 heavy (non-hydrogen) atoms. The molecule has 0 saturated carbocycles. The number of nitrogens with zero attached hydrogens (tertiary/aromatic N) is 1. The van der Waals surface area contributed by atoms with E-state index in [1.54, 1.807) is 0 Å². The van der Waals surface area contributed by atoms with Crippen LogP contribution in [0.25, 0.3) is 0 Å². The molecule has 1 saturated heterocycles. The lowest BCUT2D eigenvalue weighted by molar-refractivity contribution is -0.129. The number of hydrogen-bond acceptors (Lipinski definition) is 3. The molecule has 0 aromatic rings. The summed E-state index contributed by atoms with van der Waals surface area (Å²) in [6.07, 6.45) is 0.634. The Morgan fingerprint density at radius 1 is 1.53 bits per heavy atom. The van der Waals surface area contributed by atoms with Gasteiger partial charge in [-0.05, 0) is 18.3 Å². The van der Waals surface area contributed by atoms with Crippen molar-refractivity contribution in [2.75, 3.05) is 26.2 Å². The summed E-state index contributed by atoms with van der Waals surface area (Å²) in [6.45, 7) is 11.1. The summed E-state index contributed by atoms with van der Waals surface area (Å²) in [7, 11) is 0. The molecule has 2 N–H and O–H groups in total. The van der Waals surface area contributed by atoms with E-state index in [-0.39, 0.29) is 17.4 Å². The summed E-state index contributed by atoms with van der Waals surface area (Å²) in [5.74, 6) is 0.679. The predicted octanol–water partition coefficient (Wildman–Crippen LogP) is 1.24. The molecule has 0 bridgehead atoms. The van der Waals surface area contributed by atoms with Crippen LogP contribution in [0.1, 0.15) is 34.1 Å². The molecule has 0 aromatic carbocycles. The van der Waals surface area contributed by atoms with Gasteiger partial charge in [0.05, 0.1) is 6.10 Å². The molecule has 100 valence electrons. The Kier molecular flexibility index (Phi) is 4.95. The zero-order valence-electron chi connectivity index (χ0n) is 11.5. The molecule has 4 heteroatoms. The second-order valence-corrected chi connectivity index (χ2v) is 5.88. The van der Waals surface area contributed by atoms with Crippen LogP contribution in [-0.2, 0) is 9.53 Å². The molecule has 1 amide bonds. The van der Waals surface area contributed by atoms with Crippen LogP contribution >= 0.6 is 0 Å². The second kappa shape index (κ2) is 5.83. The highest BCUT2D eigenvalue weighted by Gasteiger charge is 2.37. The third kappa shape index (κ3) is 3.96. The number of likely N-dealkylation sites (tertiary alicyclic amines) is 1. The van der Waals surface area contributed by atoms with Gasteiger partial charge in [0.25, 0.3) is 0 Å². The first-order valence-corrected chi connectivity index (χ1v) is 6.48. The van der Waals surface area contributed by atoms with Crippen LogP contribution in [0.3, 0.4) is 0 Å². The van der Waals surface area contributed by atoms with Gasteiger partial charge in [-0.2, -0.15) is 0 Å². The smallest absolute Gasteiger partial charge is 0.223 e. The summed E-state index contributed by atoms with van der Waals surface area (Å²) in [5, 5.41) is 0. The highest BCUT2D eigenvalue weighted by molar-refractivity contribution is 5.78. The van der Waals surface area contributed by atoms with Crippen molar-refractivity contribution in [3.8, 4) is 0 Å². The molecule has 2 unspecified atom stereocenters. The van der Waals surface area contributed by atoms with Crippen LogP contribution in [0.4, 0.5) is 0 Å². The maximum Gasteiger partial charge on any atom is 0.223 e. The van der Waals surface area contributed by atoms with Crippen molar-refractivity contribution in [3.05, 3.63) is 0 Å². The highest BCUT2D eigenvalue weighted by atomic mass is 16.5. The van der Waals surface area contributed by atoms with Crippen LogP contribution in [0.2, 0.25) is 0 Å². The number of carbonyl (C=O) groups is 1. The lowest BCUT2D eigenvalue weighted by atomic mass is 9.80. The average molecular weight is 242 g/mol. The van der Waals surface area contributed by atoms with E-state index in [2.05, 4.69) is 20.8 Å². The molecule has 2 atom stereocenters. The minimum Gasteiger partial charge on any atom is -0.375 e. The molecular weight excluding hydrogens is 216 g/mol. The van der Waals surface area contributed by atoms with Gasteiger partial charge in [0.15, 0.2) is 0 Å². The van der Waals surface area contributed by atoms with Crippen molar-refractivity contribution >= 4 is 5.91 Å². The Balaban J connectivity index is 2.53. The Labute approximate surface area is 104 Å². The fourth-order valence-corrected chi connectivity index (χ4v) is 2.21. The van der Waals surface area contributed by atoms with Crippen molar-refractivity contribution in [3.63, 3.8) is 0 Å². The fourth-order valence-electron chi connectivity index (χ4n) is 2.21. The maximum atomic E-state index is 11.9. The van der Waals surface area contributed by atoms with Gasteiger partial charge in [0.2, 0.25) is 5.91 Å². The average Bonchev–Trinajstić information content (AvgIpc) is 2.59. The van der Waals surface area contributed by atoms with Gasteiger partial charge in [-0.25, -0.2) is 0 Å². The first kappa shape index (κ1) is 14.5. The molecule has 1 heterocycles. The normalized spacial score (nSPS) is 23.2. The molecule has 1 aliphatic heterocycles. The molecule has 1 rings (SSSR count). The molecule has 0 aliphatic carbocycles. The first-order chi connectivity index (χ1) is 7.88. The summed E-state index contributed by atoms with van der Waals surface area (Å²) < 4.78 is 5.50. The highest BCUT2D eigenvalue weighted by Crippen LogP contribution is 2.34. The van der Waals surface area contributed by atoms with Gasteiger partial charge < -0.3 is 15.4 Å². The molecule has 0 radical (unpaired) electrons. The second-order valence-electron chi connectivity index (χ2n) is 5.88. The van der Waals surface area contributed by atoms with E-state index in [0.29, 0.717) is 32.0 Å². The van der Waals surface area contributed by atoms with Crippen LogP contribution in [-0.4, -0.2) is 43.2 Å². The molecule has 4 nitrogen and oxygen atoms in total. The van der Waals surface area contributed by atoms with Crippen molar-refractivity contribution in [2.24, 2.45) is 17.1 Å². The van der Waals surface area contributed by atoms with Crippen molar-refractivity contribution in [2.45, 2.75) is 40.2 Å². The summed E-state index contributed by atoms with van der Waals surface area (Å²) >= 11 is 0. The van der Waals surface area contributed by atoms with Crippen LogP contribution in [0.5, 0.6) is 0 Å². The monoisotopic (exact) mass is 242 g/mol. The van der Waals surface area contributed by atoms with E-state index in [1.807, 2.05) is 11.8 Å². The molecule has 0 spiro atoms. The molecular formula is C13H26N2O2. The summed E-state index contributed by atoms with van der Waals surface area (Å²) in [4.78, 5) is 13.8. The van der Waals surface area contributed by atoms with Gasteiger partial charge in [-0.3, -0.25) is 4.79 Å². The number of carbonyl (C=O) groups excluding carboxylic acids is 1. The fraction of sp³-hybridized carbons (Fsp3) is 0.923. The quantitative estimate of drug-likeness (QED) is 0.789. The van der Waals surface area contributed by atoms with E-state index in [1.165, 1.54) is 0 Å². The minimum absolute atomic E-state index is 0.0253. The largest absolute Gasteiger partial charge is 0.375 e. The van der Waals surface area contributed by atoms with Crippen molar-refractivity contribution in [1.29, 1.82) is 0 Å². The Bertz CT molecular complexity index is 261. The Morgan fingerprint density at radius 3 is 2.59 bits per heavy atom. The third-order valence-electron chi connectivity index (χ3n) is 3.53. The van der Waals surface area contributed by atoms with Crippen LogP contribution in [0, 0.1) is 11.3 Å².